The van der Waals surface area contributed by atoms with E-state index in [9.17, 15) is 13.2 Å². The van der Waals surface area contributed by atoms with Gasteiger partial charge in [-0.3, -0.25) is 0 Å². The van der Waals surface area contributed by atoms with Crippen molar-refractivity contribution in [3.05, 3.63) is 29.7 Å². The molecule has 6 heteroatoms. The number of fused-ring (bicyclic) bond motifs is 1. The van der Waals surface area contributed by atoms with E-state index in [2.05, 4.69) is 9.40 Å². The molecule has 2 rings (SSSR count). The zero-order chi connectivity index (χ0) is 12.6. The molecule has 0 aliphatic heterocycles. The van der Waals surface area contributed by atoms with Gasteiger partial charge >= 0.3 is 12.1 Å². The zero-order valence-electron chi connectivity index (χ0n) is 9.08. The molecule has 2 N–H and O–H groups in total. The van der Waals surface area contributed by atoms with E-state index in [-0.39, 0.29) is 17.0 Å². The zero-order valence-corrected chi connectivity index (χ0v) is 9.08. The van der Waals surface area contributed by atoms with E-state index in [4.69, 9.17) is 5.73 Å². The fraction of sp³-hybridized carbons (Fsp3) is 0.364. The van der Waals surface area contributed by atoms with Gasteiger partial charge in [-0.1, -0.05) is 13.0 Å². The van der Waals surface area contributed by atoms with Gasteiger partial charge in [0, 0.05) is 0 Å². The van der Waals surface area contributed by atoms with Crippen LogP contribution in [0.2, 0.25) is 0 Å². The summed E-state index contributed by atoms with van der Waals surface area (Å²) in [5.41, 5.74) is 6.68. The van der Waals surface area contributed by atoms with Crippen LogP contribution in [0.3, 0.4) is 0 Å². The number of hydrogen-bond acceptors (Lipinski definition) is 3. The average Bonchev–Trinajstić information content (AvgIpc) is 2.70. The lowest BCUT2D eigenvalue weighted by Gasteiger charge is -2.07. The van der Waals surface area contributed by atoms with Gasteiger partial charge in [0.2, 0.25) is 0 Å². The second-order valence-corrected chi connectivity index (χ2v) is 3.88. The van der Waals surface area contributed by atoms with E-state index in [0.29, 0.717) is 6.54 Å². The number of halogens is 3. The van der Waals surface area contributed by atoms with Crippen LogP contribution >= 0.6 is 0 Å². The van der Waals surface area contributed by atoms with Gasteiger partial charge in [0.25, 0.3) is 0 Å². The molecule has 2 aromatic rings. The quantitative estimate of drug-likeness (QED) is 0.883. The van der Waals surface area contributed by atoms with E-state index in [1.165, 1.54) is 6.07 Å². The number of aromatic nitrogens is 1. The minimum atomic E-state index is -4.56. The molecule has 1 aromatic carbocycles. The van der Waals surface area contributed by atoms with Gasteiger partial charge in [-0.25, -0.2) is 4.98 Å². The van der Waals surface area contributed by atoms with Crippen molar-refractivity contribution >= 4 is 11.1 Å². The van der Waals surface area contributed by atoms with Crippen molar-refractivity contribution in [2.24, 2.45) is 5.73 Å². The largest absolute Gasteiger partial charge is 0.468 e. The first-order valence-corrected chi connectivity index (χ1v) is 5.09. The molecule has 3 nitrogen and oxygen atoms in total. The van der Waals surface area contributed by atoms with Gasteiger partial charge in [-0.2, -0.15) is 13.2 Å². The summed E-state index contributed by atoms with van der Waals surface area (Å²) in [5.74, 6) is -1.14. The second kappa shape index (κ2) is 4.03. The summed E-state index contributed by atoms with van der Waals surface area (Å²) in [7, 11) is 0. The van der Waals surface area contributed by atoms with Crippen LogP contribution in [0, 0.1) is 0 Å². The van der Waals surface area contributed by atoms with Gasteiger partial charge in [0.1, 0.15) is 5.52 Å². The van der Waals surface area contributed by atoms with Crippen LogP contribution in [-0.4, -0.2) is 11.5 Å². The third kappa shape index (κ3) is 2.26. The Morgan fingerprint density at radius 3 is 2.71 bits per heavy atom. The van der Waals surface area contributed by atoms with Gasteiger partial charge in [-0.05, 0) is 30.2 Å². The molecule has 0 amide bonds. The van der Waals surface area contributed by atoms with E-state index >= 15 is 0 Å². The first-order valence-electron chi connectivity index (χ1n) is 5.09. The molecule has 0 aliphatic carbocycles. The number of nitrogens with two attached hydrogens (primary N) is 1. The third-order valence-electron chi connectivity index (χ3n) is 2.58. The lowest BCUT2D eigenvalue weighted by atomic mass is 10.0. The Hall–Kier alpha value is -1.56. The number of benzene rings is 1. The summed E-state index contributed by atoms with van der Waals surface area (Å²) in [6.07, 6.45) is -4.56. The van der Waals surface area contributed by atoms with Crippen LogP contribution in [0.5, 0.6) is 0 Å². The maximum atomic E-state index is 12.4. The standard InChI is InChI=1S/C11H11F3N2O/c1-6(5-15)7-2-3-9-8(4-7)16-10(17-9)11(12,13)14/h2-4,6H,5,15H2,1H3. The number of oxazole rings is 1. The molecular formula is C11H11F3N2O. The van der Waals surface area contributed by atoms with Crippen molar-refractivity contribution in [3.63, 3.8) is 0 Å². The van der Waals surface area contributed by atoms with Crippen LogP contribution in [0.1, 0.15) is 24.3 Å². The van der Waals surface area contributed by atoms with Crippen LogP contribution in [0.15, 0.2) is 22.6 Å². The van der Waals surface area contributed by atoms with Crippen molar-refractivity contribution < 1.29 is 17.6 Å². The lowest BCUT2D eigenvalue weighted by molar-refractivity contribution is -0.156. The molecule has 1 atom stereocenters. The highest BCUT2D eigenvalue weighted by atomic mass is 19.4. The monoisotopic (exact) mass is 244 g/mol. The molecule has 0 aliphatic rings. The van der Waals surface area contributed by atoms with Gasteiger partial charge in [-0.15, -0.1) is 0 Å². The van der Waals surface area contributed by atoms with Crippen LogP contribution < -0.4 is 5.73 Å². The minimum Gasteiger partial charge on any atom is -0.433 e. The molecule has 1 unspecified atom stereocenters. The fourth-order valence-electron chi connectivity index (χ4n) is 1.51. The number of nitrogens with zero attached hydrogens (tertiary/aromatic N) is 1. The van der Waals surface area contributed by atoms with Crippen molar-refractivity contribution in [1.82, 2.24) is 4.98 Å². The molecular weight excluding hydrogens is 233 g/mol. The molecule has 0 radical (unpaired) electrons. The Morgan fingerprint density at radius 2 is 2.12 bits per heavy atom. The van der Waals surface area contributed by atoms with Crippen LogP contribution in [0.4, 0.5) is 13.2 Å². The van der Waals surface area contributed by atoms with E-state index < -0.39 is 12.1 Å². The predicted octanol–water partition coefficient (Wildman–Crippen LogP) is 2.91. The van der Waals surface area contributed by atoms with Crippen molar-refractivity contribution in [1.29, 1.82) is 0 Å². The first kappa shape index (κ1) is 11.9. The molecule has 1 heterocycles. The maximum absolute atomic E-state index is 12.4. The van der Waals surface area contributed by atoms with Crippen molar-refractivity contribution in [2.45, 2.75) is 19.0 Å². The Kier molecular flexibility index (Phi) is 2.82. The topological polar surface area (TPSA) is 52.0 Å². The Labute approximate surface area is 95.4 Å². The van der Waals surface area contributed by atoms with Crippen molar-refractivity contribution in [2.75, 3.05) is 6.54 Å². The molecule has 1 aromatic heterocycles. The van der Waals surface area contributed by atoms with Crippen molar-refractivity contribution in [3.8, 4) is 0 Å². The van der Waals surface area contributed by atoms with E-state index in [1.807, 2.05) is 6.92 Å². The molecule has 17 heavy (non-hydrogen) atoms. The third-order valence-corrected chi connectivity index (χ3v) is 2.58. The Balaban J connectivity index is 2.48. The summed E-state index contributed by atoms with van der Waals surface area (Å²) in [6.45, 7) is 2.32. The SMILES string of the molecule is CC(CN)c1ccc2oc(C(F)(F)F)nc2c1. The summed E-state index contributed by atoms with van der Waals surface area (Å²) >= 11 is 0. The lowest BCUT2D eigenvalue weighted by Crippen LogP contribution is -2.08. The first-order chi connectivity index (χ1) is 7.91. The highest BCUT2D eigenvalue weighted by Crippen LogP contribution is 2.31. The number of alkyl halides is 3. The molecule has 0 fully saturated rings. The predicted molar refractivity (Wildman–Crippen MR) is 56.5 cm³/mol. The highest BCUT2D eigenvalue weighted by molar-refractivity contribution is 5.73. The maximum Gasteiger partial charge on any atom is 0.468 e. The summed E-state index contributed by atoms with van der Waals surface area (Å²) in [4.78, 5) is 3.43. The Bertz CT molecular complexity index is 533. The normalized spacial score (nSPS) is 14.2. The second-order valence-electron chi connectivity index (χ2n) is 3.88. The summed E-state index contributed by atoms with van der Waals surface area (Å²) in [5, 5.41) is 0. The highest BCUT2D eigenvalue weighted by Gasteiger charge is 2.37. The van der Waals surface area contributed by atoms with E-state index in [0.717, 1.165) is 5.56 Å². The van der Waals surface area contributed by atoms with Crippen LogP contribution in [-0.2, 0) is 6.18 Å². The summed E-state index contributed by atoms with van der Waals surface area (Å²) in [6, 6.07) is 4.76. The number of hydrogen-bond donors (Lipinski definition) is 1. The van der Waals surface area contributed by atoms with Crippen LogP contribution in [0.25, 0.3) is 11.1 Å². The Morgan fingerprint density at radius 1 is 1.41 bits per heavy atom. The minimum absolute atomic E-state index is 0.0745. The van der Waals surface area contributed by atoms with Gasteiger partial charge < -0.3 is 10.2 Å². The van der Waals surface area contributed by atoms with Gasteiger partial charge in [0.05, 0.1) is 0 Å². The smallest absolute Gasteiger partial charge is 0.433 e. The molecule has 92 valence electrons. The van der Waals surface area contributed by atoms with E-state index in [1.54, 1.807) is 12.1 Å². The molecule has 0 saturated heterocycles. The fourth-order valence-corrected chi connectivity index (χ4v) is 1.51. The molecule has 0 bridgehead atoms. The number of rotatable bonds is 2. The van der Waals surface area contributed by atoms with Gasteiger partial charge in [0.15, 0.2) is 5.58 Å². The average molecular weight is 244 g/mol. The molecule has 0 saturated carbocycles. The summed E-state index contributed by atoms with van der Waals surface area (Å²) < 4.78 is 41.8. The molecule has 0 spiro atoms.